The zero-order chi connectivity index (χ0) is 11.5. The van der Waals surface area contributed by atoms with Crippen molar-refractivity contribution in [3.8, 4) is 0 Å². The van der Waals surface area contributed by atoms with Gasteiger partial charge in [-0.15, -0.1) is 11.3 Å². The number of thiophene rings is 1. The van der Waals surface area contributed by atoms with Crippen molar-refractivity contribution >= 4 is 27.3 Å². The molecule has 1 heterocycles. The van der Waals surface area contributed by atoms with E-state index < -0.39 is 0 Å². The van der Waals surface area contributed by atoms with E-state index in [1.807, 2.05) is 0 Å². The van der Waals surface area contributed by atoms with Gasteiger partial charge in [0.2, 0.25) is 0 Å². The molecular weight excluding hydrogens is 272 g/mol. The zero-order valence-corrected chi connectivity index (χ0v) is 11.9. The first-order valence-electron chi connectivity index (χ1n) is 5.09. The molecule has 4 heteroatoms. The fourth-order valence-electron chi connectivity index (χ4n) is 1.10. The van der Waals surface area contributed by atoms with Gasteiger partial charge in [-0.1, -0.05) is 20.8 Å². The molecule has 0 amide bonds. The van der Waals surface area contributed by atoms with E-state index in [-0.39, 0.29) is 11.5 Å². The molecule has 1 aromatic heterocycles. The predicted molar refractivity (Wildman–Crippen MR) is 71.2 cm³/mol. The smallest absolute Gasteiger partial charge is 0.0300 e. The van der Waals surface area contributed by atoms with Crippen molar-refractivity contribution < 1.29 is 0 Å². The maximum absolute atomic E-state index is 6.05. The van der Waals surface area contributed by atoms with Crippen LogP contribution < -0.4 is 11.1 Å². The van der Waals surface area contributed by atoms with Gasteiger partial charge in [-0.3, -0.25) is 0 Å². The van der Waals surface area contributed by atoms with Crippen LogP contribution >= 0.6 is 27.3 Å². The van der Waals surface area contributed by atoms with Crippen molar-refractivity contribution in [1.82, 2.24) is 5.32 Å². The van der Waals surface area contributed by atoms with Crippen LogP contribution in [0.2, 0.25) is 0 Å². The highest BCUT2D eigenvalue weighted by atomic mass is 79.9. The Balaban J connectivity index is 2.28. The summed E-state index contributed by atoms with van der Waals surface area (Å²) < 4.78 is 1.16. The van der Waals surface area contributed by atoms with Crippen molar-refractivity contribution in [2.24, 2.45) is 11.1 Å². The zero-order valence-electron chi connectivity index (χ0n) is 9.51. The van der Waals surface area contributed by atoms with E-state index in [0.29, 0.717) is 0 Å². The molecule has 1 aromatic rings. The number of nitrogens with one attached hydrogen (secondary N) is 1. The van der Waals surface area contributed by atoms with Crippen molar-refractivity contribution in [3.63, 3.8) is 0 Å². The normalized spacial score (nSPS) is 14.2. The first-order valence-corrected chi connectivity index (χ1v) is 6.76. The van der Waals surface area contributed by atoms with Crippen molar-refractivity contribution in [1.29, 1.82) is 0 Å². The lowest BCUT2D eigenvalue weighted by Gasteiger charge is -2.27. The Bertz CT molecular complexity index is 304. The lowest BCUT2D eigenvalue weighted by molar-refractivity contribution is 0.309. The molecule has 0 aliphatic rings. The Morgan fingerprint density at radius 2 is 2.20 bits per heavy atom. The van der Waals surface area contributed by atoms with Gasteiger partial charge in [0.15, 0.2) is 0 Å². The molecule has 0 saturated carbocycles. The second-order valence-electron chi connectivity index (χ2n) is 4.83. The minimum atomic E-state index is 0.170. The quantitative estimate of drug-likeness (QED) is 0.895. The summed E-state index contributed by atoms with van der Waals surface area (Å²) in [4.78, 5) is 1.34. The summed E-state index contributed by atoms with van der Waals surface area (Å²) in [6.07, 6.45) is 0. The van der Waals surface area contributed by atoms with Gasteiger partial charge in [0.1, 0.15) is 0 Å². The van der Waals surface area contributed by atoms with Crippen LogP contribution in [0.25, 0.3) is 0 Å². The molecule has 1 unspecified atom stereocenters. The molecule has 0 saturated heterocycles. The van der Waals surface area contributed by atoms with Gasteiger partial charge in [0.25, 0.3) is 0 Å². The third kappa shape index (κ3) is 4.64. The standard InChI is InChI=1S/C11H19BrN2S/c1-11(2,3)10(13)6-14-5-9-4-8(12)7-15-9/h4,7,10,14H,5-6,13H2,1-3H3. The summed E-state index contributed by atoms with van der Waals surface area (Å²) in [6, 6.07) is 2.33. The summed E-state index contributed by atoms with van der Waals surface area (Å²) in [5, 5.41) is 5.48. The van der Waals surface area contributed by atoms with Crippen LogP contribution in [0.5, 0.6) is 0 Å². The Morgan fingerprint density at radius 1 is 1.53 bits per heavy atom. The Hall–Kier alpha value is 0.1000. The van der Waals surface area contributed by atoms with E-state index in [9.17, 15) is 0 Å². The minimum absolute atomic E-state index is 0.170. The fourth-order valence-corrected chi connectivity index (χ4v) is 2.52. The Kier molecular flexibility index (Phi) is 4.77. The van der Waals surface area contributed by atoms with Crippen molar-refractivity contribution in [2.75, 3.05) is 6.54 Å². The van der Waals surface area contributed by atoms with Gasteiger partial charge < -0.3 is 11.1 Å². The van der Waals surface area contributed by atoms with Crippen LogP contribution in [-0.4, -0.2) is 12.6 Å². The number of rotatable bonds is 4. The average molecular weight is 291 g/mol. The van der Waals surface area contributed by atoms with Crippen LogP contribution in [0.15, 0.2) is 15.9 Å². The average Bonchev–Trinajstić information content (AvgIpc) is 2.49. The molecule has 15 heavy (non-hydrogen) atoms. The maximum Gasteiger partial charge on any atom is 0.0300 e. The first kappa shape index (κ1) is 13.2. The fraction of sp³-hybridized carbons (Fsp3) is 0.636. The molecule has 86 valence electrons. The van der Waals surface area contributed by atoms with Crippen molar-refractivity contribution in [3.05, 3.63) is 20.8 Å². The number of halogens is 1. The molecule has 2 nitrogen and oxygen atoms in total. The lowest BCUT2D eigenvalue weighted by Crippen LogP contribution is -2.43. The minimum Gasteiger partial charge on any atom is -0.326 e. The third-order valence-electron chi connectivity index (χ3n) is 2.40. The second kappa shape index (κ2) is 5.43. The highest BCUT2D eigenvalue weighted by Gasteiger charge is 2.19. The monoisotopic (exact) mass is 290 g/mol. The maximum atomic E-state index is 6.05. The number of hydrogen-bond donors (Lipinski definition) is 2. The summed E-state index contributed by atoms with van der Waals surface area (Å²) >= 11 is 5.20. The molecular formula is C11H19BrN2S. The highest BCUT2D eigenvalue weighted by molar-refractivity contribution is 9.10. The largest absolute Gasteiger partial charge is 0.326 e. The van der Waals surface area contributed by atoms with E-state index in [2.05, 4.69) is 53.5 Å². The van der Waals surface area contributed by atoms with E-state index in [0.717, 1.165) is 17.6 Å². The van der Waals surface area contributed by atoms with Gasteiger partial charge in [0, 0.05) is 33.9 Å². The topological polar surface area (TPSA) is 38.0 Å². The van der Waals surface area contributed by atoms with Gasteiger partial charge in [-0.05, 0) is 27.4 Å². The van der Waals surface area contributed by atoms with Gasteiger partial charge >= 0.3 is 0 Å². The molecule has 1 atom stereocenters. The molecule has 0 fully saturated rings. The predicted octanol–water partition coefficient (Wildman–Crippen LogP) is 2.97. The summed E-state index contributed by atoms with van der Waals surface area (Å²) in [5.41, 5.74) is 6.22. The molecule has 0 aliphatic heterocycles. The van der Waals surface area contributed by atoms with Crippen LogP contribution in [-0.2, 0) is 6.54 Å². The number of nitrogens with two attached hydrogens (primary N) is 1. The molecule has 0 bridgehead atoms. The van der Waals surface area contributed by atoms with Crippen molar-refractivity contribution in [2.45, 2.75) is 33.4 Å². The molecule has 0 radical (unpaired) electrons. The molecule has 0 aliphatic carbocycles. The molecule has 3 N–H and O–H groups in total. The summed E-state index contributed by atoms with van der Waals surface area (Å²) in [7, 11) is 0. The summed E-state index contributed by atoms with van der Waals surface area (Å²) in [6.45, 7) is 8.27. The van der Waals surface area contributed by atoms with E-state index >= 15 is 0 Å². The van der Waals surface area contributed by atoms with Crippen LogP contribution in [0.4, 0.5) is 0 Å². The van der Waals surface area contributed by atoms with Crippen LogP contribution in [0.3, 0.4) is 0 Å². The second-order valence-corrected chi connectivity index (χ2v) is 6.75. The molecule has 0 spiro atoms. The molecule has 1 rings (SSSR count). The Labute approximate surface area is 104 Å². The first-order chi connectivity index (χ1) is 6.89. The highest BCUT2D eigenvalue weighted by Crippen LogP contribution is 2.20. The third-order valence-corrected chi connectivity index (χ3v) is 4.10. The SMILES string of the molecule is CC(C)(C)C(N)CNCc1cc(Br)cs1. The van der Waals surface area contributed by atoms with Crippen LogP contribution in [0, 0.1) is 5.41 Å². The van der Waals surface area contributed by atoms with E-state index in [1.165, 1.54) is 4.88 Å². The van der Waals surface area contributed by atoms with Gasteiger partial charge in [-0.2, -0.15) is 0 Å². The van der Waals surface area contributed by atoms with E-state index in [1.54, 1.807) is 11.3 Å². The molecule has 0 aromatic carbocycles. The summed E-state index contributed by atoms with van der Waals surface area (Å²) in [5.74, 6) is 0. The van der Waals surface area contributed by atoms with Gasteiger partial charge in [0.05, 0.1) is 0 Å². The Morgan fingerprint density at radius 3 is 2.67 bits per heavy atom. The van der Waals surface area contributed by atoms with E-state index in [4.69, 9.17) is 5.73 Å². The van der Waals surface area contributed by atoms with Crippen LogP contribution in [0.1, 0.15) is 25.6 Å². The lowest BCUT2D eigenvalue weighted by atomic mass is 9.87. The van der Waals surface area contributed by atoms with Gasteiger partial charge in [-0.25, -0.2) is 0 Å². The number of hydrogen-bond acceptors (Lipinski definition) is 3.